The third-order valence-corrected chi connectivity index (χ3v) is 4.06. The Hall–Kier alpha value is -2.29. The molecule has 2 rings (SSSR count). The Bertz CT molecular complexity index is 637. The van der Waals surface area contributed by atoms with Gasteiger partial charge in [-0.2, -0.15) is 0 Å². The molecule has 0 heterocycles. The third kappa shape index (κ3) is 5.41. The van der Waals surface area contributed by atoms with Crippen LogP contribution >= 0.6 is 0 Å². The number of hydrogen-bond donors (Lipinski definition) is 0. The summed E-state index contributed by atoms with van der Waals surface area (Å²) in [4.78, 5) is 12.0. The van der Waals surface area contributed by atoms with Crippen LogP contribution in [0.4, 0.5) is 0 Å². The summed E-state index contributed by atoms with van der Waals surface area (Å²) < 4.78 is 11.3. The molecule has 24 heavy (non-hydrogen) atoms. The van der Waals surface area contributed by atoms with Gasteiger partial charge in [-0.05, 0) is 36.5 Å². The smallest absolute Gasteiger partial charge is 0.310 e. The summed E-state index contributed by atoms with van der Waals surface area (Å²) in [5.41, 5.74) is 2.15. The van der Waals surface area contributed by atoms with E-state index in [9.17, 15) is 4.79 Å². The van der Waals surface area contributed by atoms with Gasteiger partial charge in [-0.1, -0.05) is 62.4 Å². The van der Waals surface area contributed by atoms with Crippen molar-refractivity contribution in [2.24, 2.45) is 0 Å². The molecule has 0 spiro atoms. The van der Waals surface area contributed by atoms with Gasteiger partial charge in [-0.3, -0.25) is 4.79 Å². The summed E-state index contributed by atoms with van der Waals surface area (Å²) in [6.07, 6.45) is 1.06. The molecule has 2 aromatic rings. The molecular formula is C21H26O3. The van der Waals surface area contributed by atoms with E-state index in [0.29, 0.717) is 12.5 Å². The predicted molar refractivity (Wildman–Crippen MR) is 96.3 cm³/mol. The van der Waals surface area contributed by atoms with E-state index in [1.165, 1.54) is 5.56 Å². The Kier molecular flexibility index (Phi) is 6.86. The molecule has 3 heteroatoms. The molecule has 0 amide bonds. The summed E-state index contributed by atoms with van der Waals surface area (Å²) in [5, 5.41) is 0. The zero-order chi connectivity index (χ0) is 17.4. The summed E-state index contributed by atoms with van der Waals surface area (Å²) in [5.74, 6) is 1.09. The van der Waals surface area contributed by atoms with Crippen LogP contribution in [-0.4, -0.2) is 18.7 Å². The highest BCUT2D eigenvalue weighted by molar-refractivity contribution is 5.72. The lowest BCUT2D eigenvalue weighted by Gasteiger charge is -2.18. The van der Waals surface area contributed by atoms with E-state index in [1.54, 1.807) is 0 Å². The topological polar surface area (TPSA) is 35.5 Å². The molecular weight excluding hydrogens is 300 g/mol. The molecule has 3 nitrogen and oxygen atoms in total. The molecule has 0 aliphatic heterocycles. The second-order valence-corrected chi connectivity index (χ2v) is 6.12. The molecule has 2 atom stereocenters. The molecule has 0 fully saturated rings. The summed E-state index contributed by atoms with van der Waals surface area (Å²) in [6.45, 7) is 6.56. The third-order valence-electron chi connectivity index (χ3n) is 4.06. The van der Waals surface area contributed by atoms with E-state index in [2.05, 4.69) is 19.9 Å². The Morgan fingerprint density at radius 3 is 2.38 bits per heavy atom. The minimum Gasteiger partial charge on any atom is -0.489 e. The molecule has 0 N–H and O–H groups in total. The number of esters is 1. The molecule has 0 bridgehead atoms. The van der Waals surface area contributed by atoms with Gasteiger partial charge in [0, 0.05) is 0 Å². The predicted octanol–water partition coefficient (Wildman–Crippen LogP) is 4.75. The average molecular weight is 326 g/mol. The Morgan fingerprint density at radius 2 is 1.67 bits per heavy atom. The zero-order valence-corrected chi connectivity index (χ0v) is 14.7. The van der Waals surface area contributed by atoms with E-state index in [0.717, 1.165) is 17.7 Å². The van der Waals surface area contributed by atoms with Crippen LogP contribution in [0.5, 0.6) is 5.75 Å². The number of rotatable bonds is 8. The largest absolute Gasteiger partial charge is 0.489 e. The van der Waals surface area contributed by atoms with Crippen molar-refractivity contribution in [3.63, 3.8) is 0 Å². The van der Waals surface area contributed by atoms with Crippen LogP contribution in [0.1, 0.15) is 44.2 Å². The van der Waals surface area contributed by atoms with Crippen molar-refractivity contribution >= 4 is 5.97 Å². The van der Waals surface area contributed by atoms with Crippen molar-refractivity contribution in [1.29, 1.82) is 0 Å². The van der Waals surface area contributed by atoms with Crippen molar-refractivity contribution in [1.82, 2.24) is 0 Å². The first kappa shape index (κ1) is 18.1. The van der Waals surface area contributed by atoms with Gasteiger partial charge in [0.25, 0.3) is 0 Å². The number of para-hydroxylation sites is 1. The highest BCUT2D eigenvalue weighted by Gasteiger charge is 2.14. The second kappa shape index (κ2) is 9.11. The Morgan fingerprint density at radius 1 is 1.00 bits per heavy atom. The number of carbonyl (C=O) groups is 1. The standard InChI is InChI=1S/C21H26O3/c1-4-16(2)19-12-8-9-13-20(19)23-15-17(3)24-21(22)14-18-10-6-5-7-11-18/h5-13,16-17H,4,14-15H2,1-3H3/t16-,17+/m0/s1. The van der Waals surface area contributed by atoms with Gasteiger partial charge in [0.15, 0.2) is 0 Å². The molecule has 0 aromatic heterocycles. The normalized spacial score (nSPS) is 13.1. The highest BCUT2D eigenvalue weighted by atomic mass is 16.6. The maximum absolute atomic E-state index is 12.0. The van der Waals surface area contributed by atoms with Crippen LogP contribution in [0, 0.1) is 0 Å². The lowest BCUT2D eigenvalue weighted by Crippen LogP contribution is -2.23. The lowest BCUT2D eigenvalue weighted by atomic mass is 9.98. The number of benzene rings is 2. The molecule has 0 unspecified atom stereocenters. The maximum Gasteiger partial charge on any atom is 0.310 e. The van der Waals surface area contributed by atoms with Crippen LogP contribution in [0.3, 0.4) is 0 Å². The van der Waals surface area contributed by atoms with Gasteiger partial charge in [0.2, 0.25) is 0 Å². The number of carbonyl (C=O) groups excluding carboxylic acids is 1. The van der Waals surface area contributed by atoms with E-state index >= 15 is 0 Å². The van der Waals surface area contributed by atoms with Gasteiger partial charge in [0.1, 0.15) is 18.5 Å². The summed E-state index contributed by atoms with van der Waals surface area (Å²) in [7, 11) is 0. The van der Waals surface area contributed by atoms with E-state index in [-0.39, 0.29) is 18.5 Å². The monoisotopic (exact) mass is 326 g/mol. The maximum atomic E-state index is 12.0. The first-order valence-electron chi connectivity index (χ1n) is 8.55. The molecule has 0 aliphatic rings. The number of hydrogen-bond acceptors (Lipinski definition) is 3. The van der Waals surface area contributed by atoms with Crippen molar-refractivity contribution in [3.8, 4) is 5.75 Å². The summed E-state index contributed by atoms with van der Waals surface area (Å²) in [6, 6.07) is 17.7. The van der Waals surface area contributed by atoms with Crippen molar-refractivity contribution < 1.29 is 14.3 Å². The Labute approximate surface area is 144 Å². The highest BCUT2D eigenvalue weighted by Crippen LogP contribution is 2.28. The molecule has 0 radical (unpaired) electrons. The van der Waals surface area contributed by atoms with Crippen molar-refractivity contribution in [2.75, 3.05) is 6.61 Å². The van der Waals surface area contributed by atoms with Crippen LogP contribution in [0.2, 0.25) is 0 Å². The first-order valence-corrected chi connectivity index (χ1v) is 8.55. The fourth-order valence-corrected chi connectivity index (χ4v) is 2.51. The summed E-state index contributed by atoms with van der Waals surface area (Å²) >= 11 is 0. The van der Waals surface area contributed by atoms with Gasteiger partial charge in [0.05, 0.1) is 6.42 Å². The SMILES string of the molecule is CC[C@H](C)c1ccccc1OC[C@@H](C)OC(=O)Cc1ccccc1. The minimum absolute atomic E-state index is 0.229. The molecule has 2 aromatic carbocycles. The van der Waals surface area contributed by atoms with E-state index < -0.39 is 0 Å². The fourth-order valence-electron chi connectivity index (χ4n) is 2.51. The molecule has 0 saturated heterocycles. The number of ether oxygens (including phenoxy) is 2. The van der Waals surface area contributed by atoms with E-state index in [1.807, 2.05) is 55.5 Å². The van der Waals surface area contributed by atoms with Crippen LogP contribution in [0.25, 0.3) is 0 Å². The van der Waals surface area contributed by atoms with Crippen molar-refractivity contribution in [3.05, 3.63) is 65.7 Å². The zero-order valence-electron chi connectivity index (χ0n) is 14.7. The van der Waals surface area contributed by atoms with Crippen LogP contribution < -0.4 is 4.74 Å². The molecule has 0 saturated carbocycles. The fraction of sp³-hybridized carbons (Fsp3) is 0.381. The molecule has 128 valence electrons. The Balaban J connectivity index is 1.85. The van der Waals surface area contributed by atoms with Gasteiger partial charge < -0.3 is 9.47 Å². The molecule has 0 aliphatic carbocycles. The second-order valence-electron chi connectivity index (χ2n) is 6.12. The lowest BCUT2D eigenvalue weighted by molar-refractivity contribution is -0.148. The van der Waals surface area contributed by atoms with Crippen LogP contribution in [0.15, 0.2) is 54.6 Å². The average Bonchev–Trinajstić information content (AvgIpc) is 2.60. The van der Waals surface area contributed by atoms with Gasteiger partial charge in [-0.15, -0.1) is 0 Å². The van der Waals surface area contributed by atoms with Gasteiger partial charge in [-0.25, -0.2) is 0 Å². The van der Waals surface area contributed by atoms with Gasteiger partial charge >= 0.3 is 5.97 Å². The van der Waals surface area contributed by atoms with Crippen molar-refractivity contribution in [2.45, 2.75) is 45.6 Å². The van der Waals surface area contributed by atoms with E-state index in [4.69, 9.17) is 9.47 Å². The first-order chi connectivity index (χ1) is 11.6. The minimum atomic E-state index is -0.286. The quantitative estimate of drug-likeness (QED) is 0.657. The van der Waals surface area contributed by atoms with Crippen LogP contribution in [-0.2, 0) is 16.0 Å².